The van der Waals surface area contributed by atoms with Gasteiger partial charge in [-0.25, -0.2) is 14.2 Å². The summed E-state index contributed by atoms with van der Waals surface area (Å²) in [4.78, 5) is 17.3. The van der Waals surface area contributed by atoms with Gasteiger partial charge in [0.15, 0.2) is 11.6 Å². The molecule has 1 atom stereocenters. The van der Waals surface area contributed by atoms with E-state index in [0.717, 1.165) is 11.8 Å². The van der Waals surface area contributed by atoms with Crippen LogP contribution in [0.5, 0.6) is 5.75 Å². The summed E-state index contributed by atoms with van der Waals surface area (Å²) in [6.07, 6.45) is 2.96. The Labute approximate surface area is 121 Å². The second kappa shape index (κ2) is 5.20. The average Bonchev–Trinajstić information content (AvgIpc) is 2.95. The first-order chi connectivity index (χ1) is 10.1. The van der Waals surface area contributed by atoms with Gasteiger partial charge in [-0.3, -0.25) is 0 Å². The largest absolute Gasteiger partial charge is 0.494 e. The predicted molar refractivity (Wildman–Crippen MR) is 76.3 cm³/mol. The van der Waals surface area contributed by atoms with Crippen molar-refractivity contribution in [3.05, 3.63) is 30.2 Å². The number of aliphatic carboxylic acids is 1. The van der Waals surface area contributed by atoms with E-state index < -0.39 is 17.8 Å². The van der Waals surface area contributed by atoms with Gasteiger partial charge in [-0.15, -0.1) is 0 Å². The lowest BCUT2D eigenvalue weighted by Crippen LogP contribution is -2.36. The van der Waals surface area contributed by atoms with Crippen molar-refractivity contribution in [2.75, 3.05) is 18.6 Å². The monoisotopic (exact) mass is 290 g/mol. The van der Waals surface area contributed by atoms with Crippen LogP contribution in [0, 0.1) is 5.82 Å². The summed E-state index contributed by atoms with van der Waals surface area (Å²) < 4.78 is 18.9. The molecule has 1 aliphatic heterocycles. The molecular formula is C15H15FN2O3. The van der Waals surface area contributed by atoms with Gasteiger partial charge >= 0.3 is 5.97 Å². The van der Waals surface area contributed by atoms with Crippen LogP contribution in [0.2, 0.25) is 0 Å². The fourth-order valence-electron chi connectivity index (χ4n) is 2.82. The Balaban J connectivity index is 2.14. The summed E-state index contributed by atoms with van der Waals surface area (Å²) in [6.45, 7) is 0.608. The lowest BCUT2D eigenvalue weighted by molar-refractivity contribution is -0.138. The lowest BCUT2D eigenvalue weighted by Gasteiger charge is -2.24. The number of fused-ring (bicyclic) bond motifs is 1. The zero-order valence-corrected chi connectivity index (χ0v) is 11.5. The number of ether oxygens (including phenoxy) is 1. The standard InChI is InChI=1S/C15H15FN2O3/c1-21-13-7-9-4-5-17-14(10(9)8-11(13)16)18-6-2-3-12(18)15(19)20/h4-5,7-8,12H,2-3,6H2,1H3,(H,19,20)/t12-/m1/s1. The number of methoxy groups -OCH3 is 1. The molecule has 2 aromatic rings. The van der Waals surface area contributed by atoms with Crippen LogP contribution in [0.1, 0.15) is 12.8 Å². The molecule has 1 fully saturated rings. The smallest absolute Gasteiger partial charge is 0.326 e. The Morgan fingerprint density at radius 3 is 3.05 bits per heavy atom. The number of nitrogens with zero attached hydrogens (tertiary/aromatic N) is 2. The van der Waals surface area contributed by atoms with Crippen molar-refractivity contribution < 1.29 is 19.0 Å². The Kier molecular flexibility index (Phi) is 3.37. The van der Waals surface area contributed by atoms with Gasteiger partial charge in [0.1, 0.15) is 11.9 Å². The summed E-state index contributed by atoms with van der Waals surface area (Å²) in [5, 5.41) is 10.7. The Hall–Kier alpha value is -2.37. The summed E-state index contributed by atoms with van der Waals surface area (Å²) in [6, 6.07) is 4.11. The van der Waals surface area contributed by atoms with Crippen molar-refractivity contribution in [2.45, 2.75) is 18.9 Å². The van der Waals surface area contributed by atoms with E-state index in [1.807, 2.05) is 0 Å². The van der Waals surface area contributed by atoms with Gasteiger partial charge in [0.2, 0.25) is 0 Å². The number of benzene rings is 1. The van der Waals surface area contributed by atoms with Crippen molar-refractivity contribution in [3.63, 3.8) is 0 Å². The van der Waals surface area contributed by atoms with Crippen LogP contribution in [0.15, 0.2) is 24.4 Å². The third-order valence-electron chi connectivity index (χ3n) is 3.83. The van der Waals surface area contributed by atoms with E-state index >= 15 is 0 Å². The van der Waals surface area contributed by atoms with Crippen LogP contribution >= 0.6 is 0 Å². The maximum Gasteiger partial charge on any atom is 0.326 e. The molecule has 3 rings (SSSR count). The first-order valence-electron chi connectivity index (χ1n) is 6.73. The molecule has 1 aromatic carbocycles. The van der Waals surface area contributed by atoms with Crippen LogP contribution in [0.3, 0.4) is 0 Å². The maximum absolute atomic E-state index is 14.0. The predicted octanol–water partition coefficient (Wildman–Crippen LogP) is 2.44. The normalized spacial score (nSPS) is 18.2. The Bertz CT molecular complexity index is 705. The topological polar surface area (TPSA) is 62.7 Å². The second-order valence-corrected chi connectivity index (χ2v) is 5.03. The number of hydrogen-bond acceptors (Lipinski definition) is 4. The summed E-state index contributed by atoms with van der Waals surface area (Å²) in [7, 11) is 1.41. The van der Waals surface area contributed by atoms with Crippen molar-refractivity contribution in [3.8, 4) is 5.75 Å². The van der Waals surface area contributed by atoms with E-state index in [1.165, 1.54) is 13.2 Å². The number of carboxylic acids is 1. The minimum atomic E-state index is -0.875. The first-order valence-corrected chi connectivity index (χ1v) is 6.73. The Morgan fingerprint density at radius 2 is 2.33 bits per heavy atom. The molecule has 1 N–H and O–H groups in total. The van der Waals surface area contributed by atoms with Gasteiger partial charge in [0.25, 0.3) is 0 Å². The third kappa shape index (κ3) is 2.26. The molecule has 5 nitrogen and oxygen atoms in total. The number of carbonyl (C=O) groups is 1. The second-order valence-electron chi connectivity index (χ2n) is 5.03. The van der Waals surface area contributed by atoms with E-state index in [0.29, 0.717) is 24.2 Å². The van der Waals surface area contributed by atoms with E-state index in [2.05, 4.69) is 4.98 Å². The van der Waals surface area contributed by atoms with E-state index in [1.54, 1.807) is 23.2 Å². The fraction of sp³-hybridized carbons (Fsp3) is 0.333. The van der Waals surface area contributed by atoms with E-state index in [4.69, 9.17) is 4.74 Å². The molecule has 1 aliphatic rings. The van der Waals surface area contributed by atoms with Crippen molar-refractivity contribution in [1.29, 1.82) is 0 Å². The van der Waals surface area contributed by atoms with Gasteiger partial charge < -0.3 is 14.7 Å². The van der Waals surface area contributed by atoms with Gasteiger partial charge in [0, 0.05) is 18.1 Å². The number of rotatable bonds is 3. The highest BCUT2D eigenvalue weighted by Crippen LogP contribution is 2.33. The number of anilines is 1. The lowest BCUT2D eigenvalue weighted by atomic mass is 10.1. The highest BCUT2D eigenvalue weighted by Gasteiger charge is 2.32. The highest BCUT2D eigenvalue weighted by atomic mass is 19.1. The summed E-state index contributed by atoms with van der Waals surface area (Å²) in [5.41, 5.74) is 0. The molecule has 110 valence electrons. The molecule has 0 aliphatic carbocycles. The quantitative estimate of drug-likeness (QED) is 0.940. The molecule has 1 saturated heterocycles. The number of halogens is 1. The highest BCUT2D eigenvalue weighted by molar-refractivity contribution is 5.95. The average molecular weight is 290 g/mol. The zero-order valence-electron chi connectivity index (χ0n) is 11.5. The molecule has 0 unspecified atom stereocenters. The SMILES string of the molecule is COc1cc2ccnc(N3CCC[C@@H]3C(=O)O)c2cc1F. The molecule has 0 bridgehead atoms. The maximum atomic E-state index is 14.0. The van der Waals surface area contributed by atoms with Crippen LogP contribution in [-0.4, -0.2) is 35.8 Å². The molecule has 0 spiro atoms. The summed E-state index contributed by atoms with van der Waals surface area (Å²) >= 11 is 0. The van der Waals surface area contributed by atoms with E-state index in [9.17, 15) is 14.3 Å². The van der Waals surface area contributed by atoms with Gasteiger partial charge in [0.05, 0.1) is 7.11 Å². The van der Waals surface area contributed by atoms with Gasteiger partial charge in [-0.1, -0.05) is 0 Å². The molecule has 0 amide bonds. The fourth-order valence-corrected chi connectivity index (χ4v) is 2.82. The molecule has 6 heteroatoms. The van der Waals surface area contributed by atoms with Crippen molar-refractivity contribution in [1.82, 2.24) is 4.98 Å². The van der Waals surface area contributed by atoms with Gasteiger partial charge in [-0.2, -0.15) is 0 Å². The molecule has 1 aromatic heterocycles. The first kappa shape index (κ1) is 13.6. The van der Waals surface area contributed by atoms with Crippen LogP contribution < -0.4 is 9.64 Å². The van der Waals surface area contributed by atoms with E-state index in [-0.39, 0.29) is 5.75 Å². The number of hydrogen-bond donors (Lipinski definition) is 1. The molecule has 21 heavy (non-hydrogen) atoms. The molecular weight excluding hydrogens is 275 g/mol. The van der Waals surface area contributed by atoms with Crippen molar-refractivity contribution >= 4 is 22.6 Å². The van der Waals surface area contributed by atoms with Crippen molar-refractivity contribution in [2.24, 2.45) is 0 Å². The molecule has 0 saturated carbocycles. The minimum absolute atomic E-state index is 0.163. The van der Waals surface area contributed by atoms with Gasteiger partial charge in [-0.05, 0) is 36.4 Å². The Morgan fingerprint density at radius 1 is 1.52 bits per heavy atom. The number of aromatic nitrogens is 1. The number of carboxylic acid groups (broad SMARTS) is 1. The molecule has 2 heterocycles. The zero-order chi connectivity index (χ0) is 15.0. The van der Waals surface area contributed by atoms with Crippen LogP contribution in [0.25, 0.3) is 10.8 Å². The minimum Gasteiger partial charge on any atom is -0.494 e. The van der Waals surface area contributed by atoms with Crippen LogP contribution in [0.4, 0.5) is 10.2 Å². The molecule has 0 radical (unpaired) electrons. The van der Waals surface area contributed by atoms with Crippen LogP contribution in [-0.2, 0) is 4.79 Å². The number of pyridine rings is 1. The summed E-state index contributed by atoms with van der Waals surface area (Å²) in [5.74, 6) is -0.680. The third-order valence-corrected chi connectivity index (χ3v) is 3.83.